The molecule has 0 spiro atoms. The molecule has 0 aliphatic heterocycles. The van der Waals surface area contributed by atoms with Gasteiger partial charge in [-0.05, 0) is 12.1 Å². The molecule has 96 valence electrons. The van der Waals surface area contributed by atoms with Gasteiger partial charge in [0.1, 0.15) is 0 Å². The van der Waals surface area contributed by atoms with Crippen LogP contribution in [-0.2, 0) is 24.6 Å². The van der Waals surface area contributed by atoms with E-state index in [-0.39, 0.29) is 0 Å². The average Bonchev–Trinajstić information content (AvgIpc) is 2.08. The maximum atomic E-state index is 13.2. The van der Waals surface area contributed by atoms with Crippen LogP contribution in [0.3, 0.4) is 0 Å². The van der Waals surface area contributed by atoms with Crippen molar-refractivity contribution in [1.82, 2.24) is 0 Å². The van der Waals surface area contributed by atoms with Crippen LogP contribution in [0.15, 0.2) is 17.0 Å². The highest BCUT2D eigenvalue weighted by atomic mass is 35.7. The summed E-state index contributed by atoms with van der Waals surface area (Å²) in [5.41, 5.74) is -0.625. The predicted octanol–water partition coefficient (Wildman–Crippen LogP) is 1.44. The van der Waals surface area contributed by atoms with Crippen LogP contribution in [0, 0.1) is 11.6 Å². The van der Waals surface area contributed by atoms with Crippen LogP contribution in [0.25, 0.3) is 0 Å². The normalized spacial score (nSPS) is 12.7. The summed E-state index contributed by atoms with van der Waals surface area (Å²) in [6.45, 7) is 0. The zero-order valence-electron chi connectivity index (χ0n) is 8.45. The highest BCUT2D eigenvalue weighted by Crippen LogP contribution is 2.21. The Morgan fingerprint density at radius 2 is 1.71 bits per heavy atom. The van der Waals surface area contributed by atoms with Crippen LogP contribution >= 0.6 is 10.7 Å². The van der Waals surface area contributed by atoms with Gasteiger partial charge >= 0.3 is 0 Å². The predicted molar refractivity (Wildman–Crippen MR) is 57.9 cm³/mol. The summed E-state index contributed by atoms with van der Waals surface area (Å²) in [6.07, 6.45) is 0.790. The third-order valence-electron chi connectivity index (χ3n) is 1.83. The first-order valence-corrected chi connectivity index (χ1v) is 8.48. The van der Waals surface area contributed by atoms with Crippen molar-refractivity contribution in [2.75, 3.05) is 6.26 Å². The second-order valence-electron chi connectivity index (χ2n) is 3.33. The highest BCUT2D eigenvalue weighted by molar-refractivity contribution is 8.13. The molecule has 0 saturated heterocycles. The van der Waals surface area contributed by atoms with Crippen LogP contribution in [0.5, 0.6) is 0 Å². The molecule has 1 aromatic carbocycles. The van der Waals surface area contributed by atoms with E-state index in [9.17, 15) is 25.6 Å². The van der Waals surface area contributed by atoms with E-state index in [0.717, 1.165) is 12.3 Å². The number of rotatable bonds is 3. The van der Waals surface area contributed by atoms with Gasteiger partial charge in [0.2, 0.25) is 9.05 Å². The second kappa shape index (κ2) is 4.51. The first-order valence-electron chi connectivity index (χ1n) is 4.11. The van der Waals surface area contributed by atoms with Crippen molar-refractivity contribution in [3.63, 3.8) is 0 Å². The van der Waals surface area contributed by atoms with E-state index in [1.807, 2.05) is 0 Å². The van der Waals surface area contributed by atoms with Gasteiger partial charge < -0.3 is 0 Å². The second-order valence-corrected chi connectivity index (χ2v) is 8.13. The maximum Gasteiger partial charge on any atom is 0.236 e. The van der Waals surface area contributed by atoms with Gasteiger partial charge in [-0.2, -0.15) is 0 Å². The molecule has 0 aromatic heterocycles. The van der Waals surface area contributed by atoms with Gasteiger partial charge in [-0.3, -0.25) is 0 Å². The Morgan fingerprint density at radius 1 is 1.18 bits per heavy atom. The van der Waals surface area contributed by atoms with E-state index in [1.165, 1.54) is 0 Å². The molecule has 0 aliphatic carbocycles. The van der Waals surface area contributed by atoms with Gasteiger partial charge in [-0.15, -0.1) is 0 Å². The van der Waals surface area contributed by atoms with E-state index in [4.69, 9.17) is 10.7 Å². The lowest BCUT2D eigenvalue weighted by Crippen LogP contribution is -2.05. The van der Waals surface area contributed by atoms with Crippen molar-refractivity contribution in [2.24, 2.45) is 0 Å². The molecule has 4 nitrogen and oxygen atoms in total. The molecular weight excluding hydrogens is 298 g/mol. The average molecular weight is 305 g/mol. The summed E-state index contributed by atoms with van der Waals surface area (Å²) >= 11 is 0. The molecule has 0 saturated carbocycles. The Balaban J connectivity index is 3.46. The summed E-state index contributed by atoms with van der Waals surface area (Å²) in [5, 5.41) is 0. The largest absolute Gasteiger partial charge is 0.236 e. The van der Waals surface area contributed by atoms with Gasteiger partial charge in [-0.25, -0.2) is 25.6 Å². The van der Waals surface area contributed by atoms with Gasteiger partial charge in [0, 0.05) is 22.5 Å². The Hall–Kier alpha value is -0.730. The minimum Gasteiger partial charge on any atom is -0.224 e. The van der Waals surface area contributed by atoms with Crippen molar-refractivity contribution in [2.45, 2.75) is 10.6 Å². The molecule has 0 aliphatic rings. The standard InChI is InChI=1S/C8H7ClF2O4S2/c1-16(12,13)6-2-5(4-17(9,14)15)8(11)7(10)3-6/h2-3H,4H2,1H3. The lowest BCUT2D eigenvalue weighted by Gasteiger charge is -2.05. The lowest BCUT2D eigenvalue weighted by atomic mass is 10.2. The maximum absolute atomic E-state index is 13.2. The van der Waals surface area contributed by atoms with Gasteiger partial charge in [0.25, 0.3) is 0 Å². The molecule has 0 fully saturated rings. The fourth-order valence-electron chi connectivity index (χ4n) is 1.12. The SMILES string of the molecule is CS(=O)(=O)c1cc(F)c(F)c(CS(=O)(=O)Cl)c1. The molecule has 0 heterocycles. The molecule has 1 aromatic rings. The number of hydrogen-bond acceptors (Lipinski definition) is 4. The van der Waals surface area contributed by atoms with E-state index in [0.29, 0.717) is 6.07 Å². The molecule has 1 rings (SSSR count). The molecule has 0 radical (unpaired) electrons. The summed E-state index contributed by atoms with van der Waals surface area (Å²) < 4.78 is 70.1. The first-order chi connectivity index (χ1) is 7.50. The van der Waals surface area contributed by atoms with E-state index in [2.05, 4.69) is 0 Å². The van der Waals surface area contributed by atoms with Gasteiger partial charge in [-0.1, -0.05) is 0 Å². The fraction of sp³-hybridized carbons (Fsp3) is 0.250. The van der Waals surface area contributed by atoms with Gasteiger partial charge in [0.15, 0.2) is 21.5 Å². The molecule has 9 heteroatoms. The van der Waals surface area contributed by atoms with E-state index in [1.54, 1.807) is 0 Å². The molecule has 0 bridgehead atoms. The van der Waals surface area contributed by atoms with Crippen LogP contribution in [0.2, 0.25) is 0 Å². The molecule has 0 amide bonds. The first kappa shape index (κ1) is 14.3. The Labute approximate surface area is 102 Å². The summed E-state index contributed by atoms with van der Waals surface area (Å²) in [7, 11) is -2.98. The zero-order valence-corrected chi connectivity index (χ0v) is 10.8. The van der Waals surface area contributed by atoms with E-state index >= 15 is 0 Å². The van der Waals surface area contributed by atoms with Crippen molar-refractivity contribution >= 4 is 29.6 Å². The summed E-state index contributed by atoms with van der Waals surface area (Å²) in [5.74, 6) is -3.86. The molecule has 0 atom stereocenters. The zero-order chi connectivity index (χ0) is 13.4. The fourth-order valence-corrected chi connectivity index (χ4v) is 2.73. The smallest absolute Gasteiger partial charge is 0.224 e. The Kier molecular flexibility index (Phi) is 3.80. The van der Waals surface area contributed by atoms with Gasteiger partial charge in [0.05, 0.1) is 10.6 Å². The van der Waals surface area contributed by atoms with Crippen molar-refractivity contribution in [3.8, 4) is 0 Å². The number of sulfone groups is 1. The minimum atomic E-state index is -4.11. The number of benzene rings is 1. The molecular formula is C8H7ClF2O4S2. The van der Waals surface area contributed by atoms with Crippen LogP contribution in [-0.4, -0.2) is 23.1 Å². The van der Waals surface area contributed by atoms with Crippen molar-refractivity contribution < 1.29 is 25.6 Å². The summed E-state index contributed by atoms with van der Waals surface area (Å²) in [4.78, 5) is -0.508. The summed E-state index contributed by atoms with van der Waals surface area (Å²) in [6, 6.07) is 1.22. The lowest BCUT2D eigenvalue weighted by molar-refractivity contribution is 0.497. The quantitative estimate of drug-likeness (QED) is 0.626. The topological polar surface area (TPSA) is 68.3 Å². The monoisotopic (exact) mass is 304 g/mol. The Bertz CT molecular complexity index is 652. The third kappa shape index (κ3) is 3.90. The van der Waals surface area contributed by atoms with Crippen molar-refractivity contribution in [3.05, 3.63) is 29.3 Å². The molecule has 0 N–H and O–H groups in total. The van der Waals surface area contributed by atoms with Crippen LogP contribution < -0.4 is 0 Å². The number of hydrogen-bond donors (Lipinski definition) is 0. The van der Waals surface area contributed by atoms with Crippen LogP contribution in [0.1, 0.15) is 5.56 Å². The third-order valence-corrected chi connectivity index (χ3v) is 3.91. The molecule has 0 unspecified atom stereocenters. The van der Waals surface area contributed by atoms with E-state index < -0.39 is 46.7 Å². The highest BCUT2D eigenvalue weighted by Gasteiger charge is 2.19. The minimum absolute atomic E-state index is 0.481. The van der Waals surface area contributed by atoms with Crippen LogP contribution in [0.4, 0.5) is 8.78 Å². The van der Waals surface area contributed by atoms with Crippen molar-refractivity contribution in [1.29, 1.82) is 0 Å². The molecule has 17 heavy (non-hydrogen) atoms. The number of halogens is 3. The Morgan fingerprint density at radius 3 is 2.12 bits per heavy atom.